The molecule has 43 heavy (non-hydrogen) atoms. The molecule has 3 heterocycles. The predicted octanol–water partition coefficient (Wildman–Crippen LogP) is 6.10. The van der Waals surface area contributed by atoms with E-state index in [4.69, 9.17) is 4.74 Å². The molecule has 1 saturated heterocycles. The lowest BCUT2D eigenvalue weighted by Crippen LogP contribution is -2.44. The van der Waals surface area contributed by atoms with E-state index in [0.717, 1.165) is 5.56 Å². The molecule has 2 N–H and O–H groups in total. The van der Waals surface area contributed by atoms with Gasteiger partial charge in [0.15, 0.2) is 9.84 Å². The topological polar surface area (TPSA) is 106 Å². The first-order valence-electron chi connectivity index (χ1n) is 14.1. The molecule has 2 aromatic heterocycles. The van der Waals surface area contributed by atoms with E-state index in [9.17, 15) is 17.2 Å². The highest BCUT2D eigenvalue weighted by Gasteiger charge is 2.25. The fourth-order valence-corrected chi connectivity index (χ4v) is 6.69. The fourth-order valence-electron chi connectivity index (χ4n) is 5.02. The number of anilines is 1. The van der Waals surface area contributed by atoms with Crippen LogP contribution in [0.25, 0.3) is 22.0 Å². The van der Waals surface area contributed by atoms with Crippen molar-refractivity contribution < 1.29 is 26.3 Å². The smallest absolute Gasteiger partial charge is 0.228 e. The number of aryl methyl sites for hydroxylation is 1. The molecule has 1 fully saturated rings. The van der Waals surface area contributed by atoms with Crippen LogP contribution in [0, 0.1) is 12.7 Å². The molecule has 0 aliphatic carbocycles. The molecule has 12 heteroatoms. The number of pyridine rings is 1. The normalized spacial score (nSPS) is 17.6. The summed E-state index contributed by atoms with van der Waals surface area (Å²) in [5, 5.41) is 7.11. The van der Waals surface area contributed by atoms with Gasteiger partial charge >= 0.3 is 0 Å². The number of rotatable bonds is 10. The number of nitrogens with zero attached hydrogens (tertiary/aromatic N) is 3. The first kappa shape index (κ1) is 30.7. The zero-order chi connectivity index (χ0) is 30.8. The summed E-state index contributed by atoms with van der Waals surface area (Å²) in [5.41, 5.74) is 0.146. The van der Waals surface area contributed by atoms with Crippen molar-refractivity contribution in [3.05, 3.63) is 71.8 Å². The van der Waals surface area contributed by atoms with Gasteiger partial charge in [0.1, 0.15) is 23.4 Å². The molecule has 0 spiro atoms. The van der Waals surface area contributed by atoms with Crippen LogP contribution in [0.2, 0.25) is 0 Å². The molecule has 2 aromatic carbocycles. The lowest BCUT2D eigenvalue weighted by Gasteiger charge is -2.26. The molecule has 1 aliphatic heterocycles. The predicted molar refractivity (Wildman–Crippen MR) is 161 cm³/mol. The largest absolute Gasteiger partial charge is 0.437 e. The van der Waals surface area contributed by atoms with E-state index < -0.39 is 39.0 Å². The highest BCUT2D eigenvalue weighted by Crippen LogP contribution is 2.38. The standard InChI is InChI=1S/C31H34F3N5O3S/c1-19-6-7-22-23(8-9-26(33)25(22)18-43(40,41)14-11-31(2,3)34)28(19)42-29-24(5-4-12-36-29)27-10-13-37-30(39-27)38-21-15-20(32)16-35-17-21/h4-10,12-13,20-21,35H,11,14-18H2,1-3H3,(H,37,38,39)/t20-,21-/m0/s1. The molecule has 0 saturated carbocycles. The van der Waals surface area contributed by atoms with E-state index in [1.807, 2.05) is 6.92 Å². The van der Waals surface area contributed by atoms with Crippen molar-refractivity contribution >= 4 is 26.6 Å². The molecular weight excluding hydrogens is 579 g/mol. The zero-order valence-corrected chi connectivity index (χ0v) is 25.0. The monoisotopic (exact) mass is 613 g/mol. The van der Waals surface area contributed by atoms with Crippen molar-refractivity contribution in [2.45, 2.75) is 57.2 Å². The van der Waals surface area contributed by atoms with Gasteiger partial charge in [-0.1, -0.05) is 12.1 Å². The van der Waals surface area contributed by atoms with Crippen molar-refractivity contribution in [1.82, 2.24) is 20.3 Å². The molecule has 2 atom stereocenters. The number of piperidine rings is 1. The maximum absolute atomic E-state index is 15.1. The minimum absolute atomic E-state index is 0.000467. The van der Waals surface area contributed by atoms with Crippen molar-refractivity contribution in [3.8, 4) is 22.9 Å². The number of halogens is 3. The van der Waals surface area contributed by atoms with E-state index in [0.29, 0.717) is 53.2 Å². The lowest BCUT2D eigenvalue weighted by atomic mass is 10.0. The summed E-state index contributed by atoms with van der Waals surface area (Å²) >= 11 is 0. The minimum atomic E-state index is -3.80. The van der Waals surface area contributed by atoms with Gasteiger partial charge in [-0.25, -0.2) is 36.5 Å². The Bertz CT molecular complexity index is 1730. The Hall–Kier alpha value is -3.77. The van der Waals surface area contributed by atoms with Crippen molar-refractivity contribution in [2.75, 3.05) is 24.2 Å². The third-order valence-corrected chi connectivity index (χ3v) is 8.86. The average Bonchev–Trinajstić information content (AvgIpc) is 2.95. The molecular formula is C31H34F3N5O3S. The molecule has 5 rings (SSSR count). The number of hydrogen-bond donors (Lipinski definition) is 2. The second-order valence-corrected chi connectivity index (χ2v) is 13.6. The van der Waals surface area contributed by atoms with Crippen LogP contribution in [0.3, 0.4) is 0 Å². The second kappa shape index (κ2) is 12.5. The van der Waals surface area contributed by atoms with Gasteiger partial charge in [-0.3, -0.25) is 0 Å². The maximum atomic E-state index is 15.1. The number of nitrogens with one attached hydrogen (secondary N) is 2. The Morgan fingerprint density at radius 3 is 2.63 bits per heavy atom. The van der Waals surface area contributed by atoms with Gasteiger partial charge < -0.3 is 15.4 Å². The number of sulfone groups is 1. The summed E-state index contributed by atoms with van der Waals surface area (Å²) in [6, 6.07) is 11.2. The first-order chi connectivity index (χ1) is 20.4. The van der Waals surface area contributed by atoms with Gasteiger partial charge in [-0.15, -0.1) is 0 Å². The van der Waals surface area contributed by atoms with Crippen LogP contribution < -0.4 is 15.4 Å². The van der Waals surface area contributed by atoms with Gasteiger partial charge in [0.05, 0.1) is 22.8 Å². The first-order valence-corrected chi connectivity index (χ1v) is 15.9. The summed E-state index contributed by atoms with van der Waals surface area (Å²) in [7, 11) is -3.80. The highest BCUT2D eigenvalue weighted by atomic mass is 32.2. The van der Waals surface area contributed by atoms with E-state index in [2.05, 4.69) is 25.6 Å². The Kier molecular flexibility index (Phi) is 8.89. The number of alkyl halides is 2. The van der Waals surface area contributed by atoms with Crippen LogP contribution in [0.4, 0.5) is 19.1 Å². The van der Waals surface area contributed by atoms with Crippen LogP contribution in [0.15, 0.2) is 54.9 Å². The zero-order valence-electron chi connectivity index (χ0n) is 24.2. The Morgan fingerprint density at radius 1 is 1.07 bits per heavy atom. The number of hydrogen-bond acceptors (Lipinski definition) is 8. The second-order valence-electron chi connectivity index (χ2n) is 11.4. The number of fused-ring (bicyclic) bond motifs is 1. The summed E-state index contributed by atoms with van der Waals surface area (Å²) < 4.78 is 75.0. The van der Waals surface area contributed by atoms with Crippen LogP contribution in [0.1, 0.15) is 37.8 Å². The maximum Gasteiger partial charge on any atom is 0.228 e. The molecule has 0 amide bonds. The quantitative estimate of drug-likeness (QED) is 0.221. The third kappa shape index (κ3) is 7.61. The molecule has 228 valence electrons. The lowest BCUT2D eigenvalue weighted by molar-refractivity contribution is 0.211. The van der Waals surface area contributed by atoms with Gasteiger partial charge in [0, 0.05) is 48.9 Å². The summed E-state index contributed by atoms with van der Waals surface area (Å²) in [4.78, 5) is 13.3. The van der Waals surface area contributed by atoms with Crippen LogP contribution in [-0.2, 0) is 15.6 Å². The highest BCUT2D eigenvalue weighted by molar-refractivity contribution is 7.90. The number of aromatic nitrogens is 3. The van der Waals surface area contributed by atoms with Crippen molar-refractivity contribution in [3.63, 3.8) is 0 Å². The van der Waals surface area contributed by atoms with Gasteiger partial charge in [0.2, 0.25) is 11.8 Å². The van der Waals surface area contributed by atoms with Crippen LogP contribution in [-0.4, -0.2) is 60.1 Å². The van der Waals surface area contributed by atoms with Gasteiger partial charge in [0.25, 0.3) is 0 Å². The fraction of sp³-hybridized carbons (Fsp3) is 0.387. The summed E-state index contributed by atoms with van der Waals surface area (Å²) in [6.45, 7) is 5.36. The SMILES string of the molecule is Cc1ccc2c(CS(=O)(=O)CCC(C)(C)F)c(F)ccc2c1Oc1ncccc1-c1ccnc(N[C@@H]2CNC[C@@H](F)C2)n1. The minimum Gasteiger partial charge on any atom is -0.437 e. The van der Waals surface area contributed by atoms with E-state index in [1.54, 1.807) is 48.8 Å². The molecule has 0 radical (unpaired) electrons. The molecule has 0 bridgehead atoms. The van der Waals surface area contributed by atoms with E-state index >= 15 is 4.39 Å². The Labute approximate surface area is 249 Å². The summed E-state index contributed by atoms with van der Waals surface area (Å²) in [6.07, 6.45) is 2.37. The molecule has 0 unspecified atom stereocenters. The molecule has 1 aliphatic rings. The van der Waals surface area contributed by atoms with E-state index in [-0.39, 0.29) is 23.9 Å². The van der Waals surface area contributed by atoms with Crippen LogP contribution in [0.5, 0.6) is 11.6 Å². The van der Waals surface area contributed by atoms with Gasteiger partial charge in [-0.05, 0) is 68.5 Å². The van der Waals surface area contributed by atoms with Crippen molar-refractivity contribution in [2.24, 2.45) is 0 Å². The Morgan fingerprint density at radius 2 is 1.86 bits per heavy atom. The van der Waals surface area contributed by atoms with E-state index in [1.165, 1.54) is 19.9 Å². The number of benzene rings is 2. The Balaban J connectivity index is 1.47. The van der Waals surface area contributed by atoms with Crippen LogP contribution >= 0.6 is 0 Å². The third-order valence-electron chi connectivity index (χ3n) is 7.31. The summed E-state index contributed by atoms with van der Waals surface area (Å²) in [5.74, 6) is -0.686. The number of ether oxygens (including phenoxy) is 1. The molecule has 8 nitrogen and oxygen atoms in total. The van der Waals surface area contributed by atoms with Crippen molar-refractivity contribution in [1.29, 1.82) is 0 Å². The van der Waals surface area contributed by atoms with Gasteiger partial charge in [-0.2, -0.15) is 0 Å². The average molecular weight is 614 g/mol. The molecule has 4 aromatic rings.